The monoisotopic (exact) mass is 252 g/mol. The molecule has 0 spiro atoms. The van der Waals surface area contributed by atoms with E-state index in [2.05, 4.69) is 12.2 Å². The number of amides is 1. The molecule has 1 heterocycles. The molecule has 0 aromatic carbocycles. The molecule has 0 radical (unpaired) electrons. The first-order chi connectivity index (χ1) is 8.62. The number of nitrogens with zero attached hydrogens (tertiary/aromatic N) is 1. The Balaban J connectivity index is 1.86. The van der Waals surface area contributed by atoms with Crippen LogP contribution in [0.3, 0.4) is 0 Å². The Morgan fingerprint density at radius 3 is 2.44 bits per heavy atom. The van der Waals surface area contributed by atoms with Gasteiger partial charge in [0.1, 0.15) is 0 Å². The van der Waals surface area contributed by atoms with Gasteiger partial charge in [-0.25, -0.2) is 0 Å². The maximum Gasteiger partial charge on any atom is 0.228 e. The van der Waals surface area contributed by atoms with Crippen molar-refractivity contribution in [3.63, 3.8) is 0 Å². The standard InChI is InChI=1S/C15H28N2O/c1-15(8-10-16-11-9-15)14(18)17(2)12-13-6-4-3-5-7-13/h13,16H,3-12H2,1-2H3. The third kappa shape index (κ3) is 3.25. The zero-order valence-corrected chi connectivity index (χ0v) is 12.0. The summed E-state index contributed by atoms with van der Waals surface area (Å²) in [6.07, 6.45) is 8.70. The maximum atomic E-state index is 12.6. The van der Waals surface area contributed by atoms with Crippen molar-refractivity contribution in [2.24, 2.45) is 11.3 Å². The van der Waals surface area contributed by atoms with Crippen LogP contribution in [0, 0.1) is 11.3 Å². The van der Waals surface area contributed by atoms with Crippen LogP contribution in [0.15, 0.2) is 0 Å². The van der Waals surface area contributed by atoms with Crippen molar-refractivity contribution in [1.29, 1.82) is 0 Å². The lowest BCUT2D eigenvalue weighted by atomic mass is 9.79. The van der Waals surface area contributed by atoms with E-state index in [1.165, 1.54) is 32.1 Å². The smallest absolute Gasteiger partial charge is 0.228 e. The first kappa shape index (κ1) is 13.9. The predicted molar refractivity (Wildman–Crippen MR) is 74.4 cm³/mol. The van der Waals surface area contributed by atoms with Crippen molar-refractivity contribution in [2.75, 3.05) is 26.7 Å². The summed E-state index contributed by atoms with van der Waals surface area (Å²) in [5, 5.41) is 3.34. The third-order valence-corrected chi connectivity index (χ3v) is 4.83. The number of rotatable bonds is 3. The van der Waals surface area contributed by atoms with Crippen molar-refractivity contribution < 1.29 is 4.79 Å². The Kier molecular flexibility index (Phi) is 4.66. The van der Waals surface area contributed by atoms with Crippen molar-refractivity contribution >= 4 is 5.91 Å². The van der Waals surface area contributed by atoms with Gasteiger partial charge in [0.2, 0.25) is 5.91 Å². The molecule has 2 fully saturated rings. The van der Waals surface area contributed by atoms with Gasteiger partial charge in [-0.15, -0.1) is 0 Å². The molecule has 2 rings (SSSR count). The fourth-order valence-corrected chi connectivity index (χ4v) is 3.49. The molecule has 0 aromatic heterocycles. The van der Waals surface area contributed by atoms with E-state index in [1.807, 2.05) is 11.9 Å². The van der Waals surface area contributed by atoms with Crippen molar-refractivity contribution in [3.8, 4) is 0 Å². The third-order valence-electron chi connectivity index (χ3n) is 4.83. The summed E-state index contributed by atoms with van der Waals surface area (Å²) < 4.78 is 0. The van der Waals surface area contributed by atoms with Crippen LogP contribution in [0.5, 0.6) is 0 Å². The summed E-state index contributed by atoms with van der Waals surface area (Å²) in [7, 11) is 2.00. The molecule has 0 bridgehead atoms. The van der Waals surface area contributed by atoms with Crippen LogP contribution >= 0.6 is 0 Å². The fraction of sp³-hybridized carbons (Fsp3) is 0.933. The van der Waals surface area contributed by atoms with Gasteiger partial charge in [-0.2, -0.15) is 0 Å². The second-order valence-electron chi connectivity index (χ2n) is 6.50. The molecular weight excluding hydrogens is 224 g/mol. The second kappa shape index (κ2) is 6.05. The predicted octanol–water partition coefficient (Wildman–Crippen LogP) is 2.41. The minimum atomic E-state index is -0.116. The molecule has 104 valence electrons. The minimum Gasteiger partial charge on any atom is -0.345 e. The van der Waals surface area contributed by atoms with Gasteiger partial charge in [-0.3, -0.25) is 4.79 Å². The minimum absolute atomic E-state index is 0.116. The van der Waals surface area contributed by atoms with Crippen LogP contribution in [0.1, 0.15) is 51.9 Å². The van der Waals surface area contributed by atoms with E-state index in [0.29, 0.717) is 5.91 Å². The van der Waals surface area contributed by atoms with E-state index in [-0.39, 0.29) is 5.41 Å². The van der Waals surface area contributed by atoms with E-state index < -0.39 is 0 Å². The van der Waals surface area contributed by atoms with Crippen molar-refractivity contribution in [3.05, 3.63) is 0 Å². The number of carbonyl (C=O) groups is 1. The molecule has 3 heteroatoms. The van der Waals surface area contributed by atoms with Gasteiger partial charge in [-0.1, -0.05) is 26.2 Å². The second-order valence-corrected chi connectivity index (χ2v) is 6.50. The summed E-state index contributed by atoms with van der Waals surface area (Å²) in [5.41, 5.74) is -0.116. The topological polar surface area (TPSA) is 32.3 Å². The van der Waals surface area contributed by atoms with E-state index >= 15 is 0 Å². The van der Waals surface area contributed by atoms with Crippen LogP contribution in [0.4, 0.5) is 0 Å². The quantitative estimate of drug-likeness (QED) is 0.836. The zero-order chi connectivity index (χ0) is 13.0. The molecule has 3 nitrogen and oxygen atoms in total. The Bertz CT molecular complexity index is 278. The fourth-order valence-electron chi connectivity index (χ4n) is 3.49. The lowest BCUT2D eigenvalue weighted by molar-refractivity contribution is -0.142. The Morgan fingerprint density at radius 1 is 1.22 bits per heavy atom. The molecule has 1 aliphatic carbocycles. The molecule has 1 saturated heterocycles. The van der Waals surface area contributed by atoms with Gasteiger partial charge in [0.05, 0.1) is 0 Å². The summed E-state index contributed by atoms with van der Waals surface area (Å²) >= 11 is 0. The SMILES string of the molecule is CN(CC1CCCCC1)C(=O)C1(C)CCNCC1. The van der Waals surface area contributed by atoms with Crippen molar-refractivity contribution in [2.45, 2.75) is 51.9 Å². The first-order valence-corrected chi connectivity index (χ1v) is 7.58. The molecule has 2 aliphatic rings. The summed E-state index contributed by atoms with van der Waals surface area (Å²) in [5.74, 6) is 1.12. The highest BCUT2D eigenvalue weighted by molar-refractivity contribution is 5.82. The first-order valence-electron chi connectivity index (χ1n) is 7.58. The number of hydrogen-bond acceptors (Lipinski definition) is 2. The van der Waals surface area contributed by atoms with E-state index in [0.717, 1.165) is 38.4 Å². The van der Waals surface area contributed by atoms with Gasteiger partial charge < -0.3 is 10.2 Å². The Hall–Kier alpha value is -0.570. The highest BCUT2D eigenvalue weighted by Gasteiger charge is 2.36. The zero-order valence-electron chi connectivity index (χ0n) is 12.0. The highest BCUT2D eigenvalue weighted by Crippen LogP contribution is 2.31. The largest absolute Gasteiger partial charge is 0.345 e. The number of carbonyl (C=O) groups excluding carboxylic acids is 1. The van der Waals surface area contributed by atoms with E-state index in [9.17, 15) is 4.79 Å². The lowest BCUT2D eigenvalue weighted by Gasteiger charge is -2.37. The van der Waals surface area contributed by atoms with Crippen LogP contribution in [0.25, 0.3) is 0 Å². The Morgan fingerprint density at radius 2 is 1.83 bits per heavy atom. The molecule has 1 N–H and O–H groups in total. The normalized spacial score (nSPS) is 24.8. The van der Waals surface area contributed by atoms with E-state index in [4.69, 9.17) is 0 Å². The van der Waals surface area contributed by atoms with Gasteiger partial charge in [0.15, 0.2) is 0 Å². The van der Waals surface area contributed by atoms with Gasteiger partial charge in [0.25, 0.3) is 0 Å². The molecule has 0 atom stereocenters. The van der Waals surface area contributed by atoms with Crippen LogP contribution in [0.2, 0.25) is 0 Å². The molecule has 1 aliphatic heterocycles. The highest BCUT2D eigenvalue weighted by atomic mass is 16.2. The molecule has 0 aromatic rings. The number of piperidine rings is 1. The maximum absolute atomic E-state index is 12.6. The summed E-state index contributed by atoms with van der Waals surface area (Å²) in [6.45, 7) is 5.09. The van der Waals surface area contributed by atoms with Crippen molar-refractivity contribution in [1.82, 2.24) is 10.2 Å². The van der Waals surface area contributed by atoms with Crippen LogP contribution in [-0.2, 0) is 4.79 Å². The lowest BCUT2D eigenvalue weighted by Crippen LogP contribution is -2.47. The van der Waals surface area contributed by atoms with Crippen LogP contribution in [-0.4, -0.2) is 37.5 Å². The number of hydrogen-bond donors (Lipinski definition) is 1. The van der Waals surface area contributed by atoms with Crippen LogP contribution < -0.4 is 5.32 Å². The molecule has 0 unspecified atom stereocenters. The van der Waals surface area contributed by atoms with E-state index in [1.54, 1.807) is 0 Å². The number of nitrogens with one attached hydrogen (secondary N) is 1. The molecule has 1 saturated carbocycles. The van der Waals surface area contributed by atoms with Gasteiger partial charge in [0, 0.05) is 19.0 Å². The molecule has 18 heavy (non-hydrogen) atoms. The molecule has 1 amide bonds. The summed E-state index contributed by atoms with van der Waals surface area (Å²) in [6, 6.07) is 0. The average Bonchev–Trinajstić information content (AvgIpc) is 2.40. The van der Waals surface area contributed by atoms with Gasteiger partial charge >= 0.3 is 0 Å². The average molecular weight is 252 g/mol. The molecular formula is C15H28N2O. The summed E-state index contributed by atoms with van der Waals surface area (Å²) in [4.78, 5) is 14.6. The Labute approximate surface area is 111 Å². The van der Waals surface area contributed by atoms with Gasteiger partial charge in [-0.05, 0) is 44.7 Å².